The van der Waals surface area contributed by atoms with Crippen LogP contribution in [0.5, 0.6) is 11.5 Å². The normalized spacial score (nSPS) is 15.3. The van der Waals surface area contributed by atoms with Gasteiger partial charge in [-0.3, -0.25) is 0 Å². The number of hydrogen-bond acceptors (Lipinski definition) is 4. The number of phenolic OH excluding ortho intramolecular Hbond substituents is 2. The van der Waals surface area contributed by atoms with Crippen LogP contribution in [-0.4, -0.2) is 18.6 Å². The molecule has 0 fully saturated rings. The molecule has 2 aliphatic rings. The molecule has 0 saturated carbocycles. The molecule has 2 aromatic carbocycles. The van der Waals surface area contributed by atoms with E-state index in [1.807, 2.05) is 36.5 Å². The molecule has 0 atom stereocenters. The highest BCUT2D eigenvalue weighted by atomic mass is 32.2. The maximum atomic E-state index is 13.0. The molecule has 0 saturated heterocycles. The second-order valence-corrected chi connectivity index (χ2v) is 8.04. The first kappa shape index (κ1) is 17.1. The molecule has 0 amide bonds. The van der Waals surface area contributed by atoms with Crippen molar-refractivity contribution >= 4 is 21.5 Å². The van der Waals surface area contributed by atoms with Crippen LogP contribution in [0.3, 0.4) is 0 Å². The van der Waals surface area contributed by atoms with E-state index in [-0.39, 0.29) is 4.90 Å². The van der Waals surface area contributed by atoms with E-state index >= 15 is 0 Å². The molecule has 0 spiro atoms. The number of sulfone groups is 1. The molecule has 4 nitrogen and oxygen atoms in total. The quantitative estimate of drug-likeness (QED) is 0.815. The van der Waals surface area contributed by atoms with Gasteiger partial charge in [0.1, 0.15) is 11.5 Å². The molecule has 0 bridgehead atoms. The Morgan fingerprint density at radius 3 is 2.37 bits per heavy atom. The maximum absolute atomic E-state index is 13.0. The summed E-state index contributed by atoms with van der Waals surface area (Å²) in [6, 6.07) is 9.14. The number of rotatable bonds is 2. The molecule has 2 aliphatic carbocycles. The van der Waals surface area contributed by atoms with Crippen molar-refractivity contribution in [2.45, 2.75) is 9.79 Å². The highest BCUT2D eigenvalue weighted by Crippen LogP contribution is 2.45. The lowest BCUT2D eigenvalue weighted by atomic mass is 9.94. The third-order valence-corrected chi connectivity index (χ3v) is 6.33. The molecule has 0 radical (unpaired) electrons. The summed E-state index contributed by atoms with van der Waals surface area (Å²) in [7, 11) is -4.08. The van der Waals surface area contributed by atoms with E-state index in [4.69, 9.17) is 0 Å². The molecule has 2 aromatic rings. The molecule has 5 heteroatoms. The lowest BCUT2D eigenvalue weighted by molar-refractivity contribution is 0.422. The fourth-order valence-corrected chi connectivity index (χ4v) is 4.67. The zero-order chi connectivity index (χ0) is 19.0. The predicted molar refractivity (Wildman–Crippen MR) is 105 cm³/mol. The second-order valence-electron chi connectivity index (χ2n) is 6.16. The van der Waals surface area contributed by atoms with Gasteiger partial charge in [-0.05, 0) is 34.9 Å². The molecule has 0 aliphatic heterocycles. The Kier molecular flexibility index (Phi) is 4.09. The van der Waals surface area contributed by atoms with Crippen molar-refractivity contribution < 1.29 is 18.6 Å². The topological polar surface area (TPSA) is 74.6 Å². The Hall–Kier alpha value is -3.31. The summed E-state index contributed by atoms with van der Waals surface area (Å²) in [4.78, 5) is -0.479. The first-order valence-electron chi connectivity index (χ1n) is 8.33. The van der Waals surface area contributed by atoms with Gasteiger partial charge in [-0.1, -0.05) is 66.8 Å². The van der Waals surface area contributed by atoms with Crippen LogP contribution in [0.2, 0.25) is 0 Å². The zero-order valence-electron chi connectivity index (χ0n) is 14.2. The highest BCUT2D eigenvalue weighted by Gasteiger charge is 2.30. The fourth-order valence-electron chi connectivity index (χ4n) is 3.22. The lowest BCUT2D eigenvalue weighted by Crippen LogP contribution is -2.05. The van der Waals surface area contributed by atoms with Crippen LogP contribution in [0.4, 0.5) is 0 Å². The summed E-state index contributed by atoms with van der Waals surface area (Å²) in [5.41, 5.74) is 2.60. The molecule has 2 N–H and O–H groups in total. The van der Waals surface area contributed by atoms with Crippen molar-refractivity contribution in [3.8, 4) is 11.5 Å². The highest BCUT2D eigenvalue weighted by molar-refractivity contribution is 7.91. The molecule has 0 unspecified atom stereocenters. The Morgan fingerprint density at radius 2 is 1.59 bits per heavy atom. The number of allylic oxidation sites excluding steroid dienone is 9. The van der Waals surface area contributed by atoms with Gasteiger partial charge in [-0.2, -0.15) is 0 Å². The zero-order valence-corrected chi connectivity index (χ0v) is 15.0. The van der Waals surface area contributed by atoms with Crippen molar-refractivity contribution in [1.82, 2.24) is 0 Å². The number of fused-ring (bicyclic) bond motifs is 3. The second kappa shape index (κ2) is 6.45. The summed E-state index contributed by atoms with van der Waals surface area (Å²) in [5, 5.41) is 21.4. The summed E-state index contributed by atoms with van der Waals surface area (Å²) >= 11 is 0. The van der Waals surface area contributed by atoms with Crippen molar-refractivity contribution in [2.24, 2.45) is 0 Å². The van der Waals surface area contributed by atoms with Crippen LogP contribution in [0.1, 0.15) is 11.1 Å². The maximum Gasteiger partial charge on any atom is 0.213 e. The van der Waals surface area contributed by atoms with E-state index in [0.29, 0.717) is 11.1 Å². The molecule has 4 rings (SSSR count). The van der Waals surface area contributed by atoms with Gasteiger partial charge in [-0.15, -0.1) is 0 Å². The van der Waals surface area contributed by atoms with Crippen LogP contribution in [0.15, 0.2) is 94.3 Å². The van der Waals surface area contributed by atoms with Crippen LogP contribution in [0, 0.1) is 0 Å². The standard InChI is InChI=1S/C22H16O4S/c23-20-14-19-17-12-6-1-3-8-15(17)9-7-13-18(19)21(24)22(20)27(25,26)16-10-4-2-5-11-16/h1-14,23-24H. The average molecular weight is 376 g/mol. The van der Waals surface area contributed by atoms with Gasteiger partial charge in [-0.25, -0.2) is 8.42 Å². The van der Waals surface area contributed by atoms with Crippen LogP contribution in [0.25, 0.3) is 11.6 Å². The summed E-state index contributed by atoms with van der Waals surface area (Å²) in [6.45, 7) is 0. The molecule has 134 valence electrons. The van der Waals surface area contributed by atoms with E-state index in [1.54, 1.807) is 30.4 Å². The molecular formula is C22H16O4S. The molecule has 0 heterocycles. The van der Waals surface area contributed by atoms with Crippen molar-refractivity contribution in [1.29, 1.82) is 0 Å². The smallest absolute Gasteiger partial charge is 0.213 e. The van der Waals surface area contributed by atoms with Crippen molar-refractivity contribution in [3.63, 3.8) is 0 Å². The molecule has 0 aromatic heterocycles. The summed E-state index contributed by atoms with van der Waals surface area (Å²) in [5.74, 6) is -0.944. The van der Waals surface area contributed by atoms with Gasteiger partial charge in [0.25, 0.3) is 0 Å². The van der Waals surface area contributed by atoms with Crippen molar-refractivity contribution in [2.75, 3.05) is 0 Å². The van der Waals surface area contributed by atoms with Gasteiger partial charge in [0.15, 0.2) is 4.90 Å². The first-order valence-corrected chi connectivity index (χ1v) is 9.81. The average Bonchev–Trinajstić information content (AvgIpc) is 2.97. The Balaban J connectivity index is 1.98. The third-order valence-electron chi connectivity index (χ3n) is 4.50. The van der Waals surface area contributed by atoms with Gasteiger partial charge in [0.05, 0.1) is 4.90 Å². The monoisotopic (exact) mass is 376 g/mol. The Morgan fingerprint density at radius 1 is 0.815 bits per heavy atom. The summed E-state index contributed by atoms with van der Waals surface area (Å²) in [6.07, 6.45) is 14.7. The minimum atomic E-state index is -4.08. The number of benzene rings is 2. The molecule has 27 heavy (non-hydrogen) atoms. The fraction of sp³-hybridized carbons (Fsp3) is 0. The van der Waals surface area contributed by atoms with E-state index in [9.17, 15) is 18.6 Å². The number of hydrogen-bond donors (Lipinski definition) is 2. The van der Waals surface area contributed by atoms with Crippen molar-refractivity contribution in [3.05, 3.63) is 95.6 Å². The Labute approximate surface area is 157 Å². The largest absolute Gasteiger partial charge is 0.506 e. The number of phenols is 2. The Bertz CT molecular complexity index is 1180. The van der Waals surface area contributed by atoms with E-state index in [0.717, 1.165) is 11.1 Å². The summed E-state index contributed by atoms with van der Waals surface area (Å²) < 4.78 is 26.0. The van der Waals surface area contributed by atoms with Crippen LogP contribution in [-0.2, 0) is 9.84 Å². The number of aromatic hydroxyl groups is 2. The SMILES string of the molecule is O=S(=O)(c1ccccc1)c1c(O)cc2c(c1O)C=CC=C1C=CC=CC=C12. The van der Waals surface area contributed by atoms with E-state index < -0.39 is 26.2 Å². The lowest BCUT2D eigenvalue weighted by Gasteiger charge is -2.16. The van der Waals surface area contributed by atoms with Gasteiger partial charge in [0.2, 0.25) is 9.84 Å². The first-order chi connectivity index (χ1) is 13.0. The predicted octanol–water partition coefficient (Wildman–Crippen LogP) is 4.39. The minimum absolute atomic E-state index is 0.00603. The van der Waals surface area contributed by atoms with Gasteiger partial charge >= 0.3 is 0 Å². The van der Waals surface area contributed by atoms with Gasteiger partial charge < -0.3 is 10.2 Å². The van der Waals surface area contributed by atoms with Gasteiger partial charge in [0, 0.05) is 5.56 Å². The molecular weight excluding hydrogens is 360 g/mol. The minimum Gasteiger partial charge on any atom is -0.506 e. The van der Waals surface area contributed by atoms with E-state index in [1.165, 1.54) is 18.2 Å². The van der Waals surface area contributed by atoms with Crippen LogP contribution >= 0.6 is 0 Å². The third kappa shape index (κ3) is 2.82. The van der Waals surface area contributed by atoms with E-state index in [2.05, 4.69) is 0 Å². The van der Waals surface area contributed by atoms with Crippen LogP contribution < -0.4 is 0 Å².